The average Bonchev–Trinajstić information content (AvgIpc) is 2.49. The monoisotopic (exact) mass is 303 g/mol. The molecule has 1 aromatic heterocycles. The molecule has 0 atom stereocenters. The molecule has 1 aromatic carbocycles. The third kappa shape index (κ3) is 3.73. The van der Waals surface area contributed by atoms with Crippen molar-refractivity contribution in [1.82, 2.24) is 9.88 Å². The first-order chi connectivity index (χ1) is 10.0. The number of pyridine rings is 1. The van der Waals surface area contributed by atoms with E-state index in [4.69, 9.17) is 17.3 Å². The number of aromatic nitrogens is 1. The molecule has 5 heteroatoms. The molecule has 0 saturated carbocycles. The lowest BCUT2D eigenvalue weighted by Gasteiger charge is -2.18. The standard InChI is InChI=1S/C16H18ClN3O/c1-3-11-4-6-12(7-5-11)10-20(2)16(21)14-8-13(18)9-19-15(14)17/h4-9H,3,10,18H2,1-2H3. The number of nitrogens with two attached hydrogens (primary N) is 1. The average molecular weight is 304 g/mol. The Morgan fingerprint density at radius 1 is 1.29 bits per heavy atom. The Kier molecular flexibility index (Phi) is 4.81. The highest BCUT2D eigenvalue weighted by molar-refractivity contribution is 6.32. The van der Waals surface area contributed by atoms with E-state index in [1.165, 1.54) is 11.8 Å². The molecule has 1 amide bonds. The molecule has 1 heterocycles. The maximum Gasteiger partial charge on any atom is 0.257 e. The first-order valence-corrected chi connectivity index (χ1v) is 7.13. The number of hydrogen-bond donors (Lipinski definition) is 1. The molecule has 0 fully saturated rings. The van der Waals surface area contributed by atoms with E-state index in [1.807, 2.05) is 12.1 Å². The lowest BCUT2D eigenvalue weighted by Crippen LogP contribution is -2.26. The number of aryl methyl sites for hydroxylation is 1. The zero-order valence-electron chi connectivity index (χ0n) is 12.1. The first kappa shape index (κ1) is 15.3. The van der Waals surface area contributed by atoms with Gasteiger partial charge in [0.2, 0.25) is 0 Å². The van der Waals surface area contributed by atoms with Gasteiger partial charge in [-0.15, -0.1) is 0 Å². The fraction of sp³-hybridized carbons (Fsp3) is 0.250. The summed E-state index contributed by atoms with van der Waals surface area (Å²) in [6, 6.07) is 9.75. The molecule has 0 aliphatic rings. The Balaban J connectivity index is 2.13. The number of hydrogen-bond acceptors (Lipinski definition) is 3. The number of halogens is 1. The van der Waals surface area contributed by atoms with E-state index in [9.17, 15) is 4.79 Å². The van der Waals surface area contributed by atoms with Gasteiger partial charge in [0, 0.05) is 13.6 Å². The zero-order valence-corrected chi connectivity index (χ0v) is 12.9. The van der Waals surface area contributed by atoms with Crippen molar-refractivity contribution in [2.45, 2.75) is 19.9 Å². The van der Waals surface area contributed by atoms with Gasteiger partial charge in [-0.1, -0.05) is 42.8 Å². The quantitative estimate of drug-likeness (QED) is 0.883. The Labute approximate surface area is 129 Å². The van der Waals surface area contributed by atoms with Crippen LogP contribution in [0, 0.1) is 0 Å². The number of rotatable bonds is 4. The molecule has 2 N–H and O–H groups in total. The van der Waals surface area contributed by atoms with Crippen molar-refractivity contribution in [2.75, 3.05) is 12.8 Å². The maximum absolute atomic E-state index is 12.4. The second-order valence-electron chi connectivity index (χ2n) is 4.94. The Morgan fingerprint density at radius 2 is 1.90 bits per heavy atom. The van der Waals surface area contributed by atoms with Crippen LogP contribution in [0.25, 0.3) is 0 Å². The number of amides is 1. The van der Waals surface area contributed by atoms with Gasteiger partial charge in [-0.2, -0.15) is 0 Å². The van der Waals surface area contributed by atoms with Gasteiger partial charge >= 0.3 is 0 Å². The van der Waals surface area contributed by atoms with Gasteiger partial charge in [-0.05, 0) is 23.6 Å². The van der Waals surface area contributed by atoms with Gasteiger partial charge < -0.3 is 10.6 Å². The number of carbonyl (C=O) groups excluding carboxylic acids is 1. The van der Waals surface area contributed by atoms with Crippen LogP contribution in [-0.2, 0) is 13.0 Å². The summed E-state index contributed by atoms with van der Waals surface area (Å²) in [6.45, 7) is 2.62. The van der Waals surface area contributed by atoms with Crippen LogP contribution < -0.4 is 5.73 Å². The Hall–Kier alpha value is -2.07. The van der Waals surface area contributed by atoms with Crippen molar-refractivity contribution < 1.29 is 4.79 Å². The van der Waals surface area contributed by atoms with Crippen LogP contribution in [0.5, 0.6) is 0 Å². The van der Waals surface area contributed by atoms with Crippen LogP contribution in [-0.4, -0.2) is 22.8 Å². The van der Waals surface area contributed by atoms with E-state index in [1.54, 1.807) is 18.0 Å². The predicted octanol–water partition coefficient (Wildman–Crippen LogP) is 3.15. The number of benzene rings is 1. The lowest BCUT2D eigenvalue weighted by atomic mass is 10.1. The molecular formula is C16H18ClN3O. The normalized spacial score (nSPS) is 10.4. The Bertz CT molecular complexity index is 640. The van der Waals surface area contributed by atoms with Gasteiger partial charge in [-0.25, -0.2) is 4.98 Å². The van der Waals surface area contributed by atoms with Crippen molar-refractivity contribution in [1.29, 1.82) is 0 Å². The smallest absolute Gasteiger partial charge is 0.257 e. The van der Waals surface area contributed by atoms with Crippen LogP contribution in [0.1, 0.15) is 28.4 Å². The summed E-state index contributed by atoms with van der Waals surface area (Å²) in [7, 11) is 1.73. The van der Waals surface area contributed by atoms with Crippen LogP contribution in [0.15, 0.2) is 36.5 Å². The van der Waals surface area contributed by atoms with E-state index in [-0.39, 0.29) is 11.1 Å². The molecule has 0 saturated heterocycles. The largest absolute Gasteiger partial charge is 0.397 e. The molecule has 0 aliphatic carbocycles. The second kappa shape index (κ2) is 6.59. The number of nitrogens with zero attached hydrogens (tertiary/aromatic N) is 2. The molecule has 0 aliphatic heterocycles. The van der Waals surface area contributed by atoms with Gasteiger partial charge in [0.05, 0.1) is 17.4 Å². The summed E-state index contributed by atoms with van der Waals surface area (Å²) in [4.78, 5) is 17.9. The Morgan fingerprint density at radius 3 is 2.52 bits per heavy atom. The van der Waals surface area contributed by atoms with Crippen molar-refractivity contribution >= 4 is 23.2 Å². The number of anilines is 1. The highest BCUT2D eigenvalue weighted by Crippen LogP contribution is 2.18. The summed E-state index contributed by atoms with van der Waals surface area (Å²) in [6.07, 6.45) is 2.43. The number of nitrogen functional groups attached to an aromatic ring is 1. The minimum atomic E-state index is -0.195. The highest BCUT2D eigenvalue weighted by Gasteiger charge is 2.16. The molecular weight excluding hydrogens is 286 g/mol. The summed E-state index contributed by atoms with van der Waals surface area (Å²) >= 11 is 5.96. The van der Waals surface area contributed by atoms with Crippen molar-refractivity contribution in [3.8, 4) is 0 Å². The van der Waals surface area contributed by atoms with E-state index < -0.39 is 0 Å². The summed E-state index contributed by atoms with van der Waals surface area (Å²) < 4.78 is 0. The summed E-state index contributed by atoms with van der Waals surface area (Å²) in [5.74, 6) is -0.195. The van der Waals surface area contributed by atoms with Crippen LogP contribution in [0.2, 0.25) is 5.15 Å². The van der Waals surface area contributed by atoms with E-state index in [0.717, 1.165) is 12.0 Å². The first-order valence-electron chi connectivity index (χ1n) is 6.75. The van der Waals surface area contributed by atoms with Crippen LogP contribution in [0.4, 0.5) is 5.69 Å². The zero-order chi connectivity index (χ0) is 15.4. The van der Waals surface area contributed by atoms with E-state index >= 15 is 0 Å². The molecule has 0 spiro atoms. The van der Waals surface area contributed by atoms with Gasteiger partial charge in [-0.3, -0.25) is 4.79 Å². The van der Waals surface area contributed by atoms with Gasteiger partial charge in [0.15, 0.2) is 0 Å². The second-order valence-corrected chi connectivity index (χ2v) is 5.30. The molecule has 0 radical (unpaired) electrons. The SMILES string of the molecule is CCc1ccc(CN(C)C(=O)c2cc(N)cnc2Cl)cc1. The van der Waals surface area contributed by atoms with E-state index in [2.05, 4.69) is 24.0 Å². The lowest BCUT2D eigenvalue weighted by molar-refractivity contribution is 0.0785. The van der Waals surface area contributed by atoms with Crippen LogP contribution >= 0.6 is 11.6 Å². The van der Waals surface area contributed by atoms with Crippen molar-refractivity contribution in [3.63, 3.8) is 0 Å². The summed E-state index contributed by atoms with van der Waals surface area (Å²) in [5.41, 5.74) is 8.74. The molecule has 2 aromatic rings. The number of carbonyl (C=O) groups is 1. The van der Waals surface area contributed by atoms with Crippen molar-refractivity contribution in [2.24, 2.45) is 0 Å². The fourth-order valence-electron chi connectivity index (χ4n) is 2.05. The molecule has 21 heavy (non-hydrogen) atoms. The topological polar surface area (TPSA) is 59.2 Å². The minimum Gasteiger partial charge on any atom is -0.397 e. The third-order valence-electron chi connectivity index (χ3n) is 3.29. The highest BCUT2D eigenvalue weighted by atomic mass is 35.5. The van der Waals surface area contributed by atoms with E-state index in [0.29, 0.717) is 17.8 Å². The predicted molar refractivity (Wildman–Crippen MR) is 85.3 cm³/mol. The molecule has 2 rings (SSSR count). The van der Waals surface area contributed by atoms with Crippen molar-refractivity contribution in [3.05, 3.63) is 58.4 Å². The molecule has 0 unspecified atom stereocenters. The molecule has 0 bridgehead atoms. The molecule has 4 nitrogen and oxygen atoms in total. The maximum atomic E-state index is 12.4. The third-order valence-corrected chi connectivity index (χ3v) is 3.59. The minimum absolute atomic E-state index is 0.169. The van der Waals surface area contributed by atoms with Crippen LogP contribution in [0.3, 0.4) is 0 Å². The molecule has 110 valence electrons. The van der Waals surface area contributed by atoms with Gasteiger partial charge in [0.25, 0.3) is 5.91 Å². The summed E-state index contributed by atoms with van der Waals surface area (Å²) in [5, 5.41) is 0.169. The fourth-order valence-corrected chi connectivity index (χ4v) is 2.23. The van der Waals surface area contributed by atoms with Gasteiger partial charge in [0.1, 0.15) is 5.15 Å².